The van der Waals surface area contributed by atoms with E-state index in [0.717, 1.165) is 12.1 Å². The summed E-state index contributed by atoms with van der Waals surface area (Å²) in [5, 5.41) is 0. The second kappa shape index (κ2) is 5.86. The van der Waals surface area contributed by atoms with Gasteiger partial charge in [0.2, 0.25) is 0 Å². The van der Waals surface area contributed by atoms with Gasteiger partial charge in [-0.2, -0.15) is 0 Å². The zero-order chi connectivity index (χ0) is 14.8. The number of hydrogen-bond acceptors (Lipinski definition) is 1. The predicted octanol–water partition coefficient (Wildman–Crippen LogP) is 4.72. The van der Waals surface area contributed by atoms with Gasteiger partial charge < -0.3 is 4.57 Å². The van der Waals surface area contributed by atoms with Crippen molar-refractivity contribution < 1.29 is 4.39 Å². The highest BCUT2D eigenvalue weighted by Crippen LogP contribution is 2.24. The van der Waals surface area contributed by atoms with E-state index in [4.69, 9.17) is 11.6 Å². The van der Waals surface area contributed by atoms with E-state index in [0.29, 0.717) is 17.3 Å². The van der Waals surface area contributed by atoms with Crippen molar-refractivity contribution in [1.82, 2.24) is 9.55 Å². The van der Waals surface area contributed by atoms with Crippen molar-refractivity contribution in [2.75, 3.05) is 0 Å². The lowest BCUT2D eigenvalue weighted by molar-refractivity contribution is 0.595. The van der Waals surface area contributed by atoms with E-state index in [2.05, 4.69) is 24.0 Å². The molecule has 1 aromatic heterocycles. The average Bonchev–Trinajstić information content (AvgIpc) is 2.87. The lowest BCUT2D eigenvalue weighted by atomic mass is 10.0. The van der Waals surface area contributed by atoms with E-state index in [1.807, 2.05) is 28.8 Å². The Kier molecular flexibility index (Phi) is 3.93. The van der Waals surface area contributed by atoms with Gasteiger partial charge in [-0.1, -0.05) is 43.3 Å². The van der Waals surface area contributed by atoms with Gasteiger partial charge in [0.1, 0.15) is 11.3 Å². The second-order valence-corrected chi connectivity index (χ2v) is 5.46. The molecule has 3 rings (SSSR count). The Morgan fingerprint density at radius 2 is 1.90 bits per heavy atom. The normalized spacial score (nSPS) is 12.7. The summed E-state index contributed by atoms with van der Waals surface area (Å²) in [6.07, 6.45) is 0. The van der Waals surface area contributed by atoms with Gasteiger partial charge >= 0.3 is 0 Å². The Morgan fingerprint density at radius 1 is 1.14 bits per heavy atom. The Balaban J connectivity index is 2.02. The summed E-state index contributed by atoms with van der Waals surface area (Å²) in [6, 6.07) is 15.3. The van der Waals surface area contributed by atoms with Crippen LogP contribution in [0.25, 0.3) is 11.0 Å². The van der Waals surface area contributed by atoms with Crippen LogP contribution in [0.2, 0.25) is 0 Å². The molecule has 0 saturated carbocycles. The van der Waals surface area contributed by atoms with Crippen LogP contribution in [0.3, 0.4) is 0 Å². The number of rotatable bonds is 4. The fourth-order valence-electron chi connectivity index (χ4n) is 2.63. The molecule has 0 amide bonds. The van der Waals surface area contributed by atoms with Crippen molar-refractivity contribution in [3.8, 4) is 0 Å². The third kappa shape index (κ3) is 2.66. The number of nitrogens with zero attached hydrogens (tertiary/aromatic N) is 2. The highest BCUT2D eigenvalue weighted by molar-refractivity contribution is 6.16. The molecule has 1 atom stereocenters. The minimum atomic E-state index is -0.301. The van der Waals surface area contributed by atoms with E-state index in [1.165, 1.54) is 11.6 Å². The molecule has 0 fully saturated rings. The van der Waals surface area contributed by atoms with E-state index in [1.54, 1.807) is 6.07 Å². The number of alkyl halides is 1. The van der Waals surface area contributed by atoms with Crippen molar-refractivity contribution in [3.05, 3.63) is 65.7 Å². The second-order valence-electron chi connectivity index (χ2n) is 5.19. The fourth-order valence-corrected chi connectivity index (χ4v) is 2.83. The number of halogens is 2. The van der Waals surface area contributed by atoms with Crippen molar-refractivity contribution in [3.63, 3.8) is 0 Å². The van der Waals surface area contributed by atoms with Crippen LogP contribution >= 0.6 is 11.6 Å². The maximum Gasteiger partial charge on any atom is 0.151 e. The first-order valence-corrected chi connectivity index (χ1v) is 7.48. The van der Waals surface area contributed by atoms with Crippen LogP contribution in [0.4, 0.5) is 4.39 Å². The van der Waals surface area contributed by atoms with Gasteiger partial charge in [-0.3, -0.25) is 0 Å². The first kappa shape index (κ1) is 14.1. The van der Waals surface area contributed by atoms with Crippen LogP contribution in [0.1, 0.15) is 24.2 Å². The summed E-state index contributed by atoms with van der Waals surface area (Å²) in [7, 11) is 0. The average molecular weight is 303 g/mol. The largest absolute Gasteiger partial charge is 0.326 e. The molecular formula is C17H16ClFN2. The zero-order valence-corrected chi connectivity index (χ0v) is 12.5. The zero-order valence-electron chi connectivity index (χ0n) is 11.8. The van der Waals surface area contributed by atoms with E-state index >= 15 is 0 Å². The maximum atomic E-state index is 13.9. The Morgan fingerprint density at radius 3 is 2.62 bits per heavy atom. The summed E-state index contributed by atoms with van der Waals surface area (Å²) < 4.78 is 15.9. The molecule has 0 aliphatic carbocycles. The maximum absolute atomic E-state index is 13.9. The molecule has 3 aromatic rings. The molecule has 2 nitrogen and oxygen atoms in total. The molecule has 1 heterocycles. The molecule has 21 heavy (non-hydrogen) atoms. The number of hydrogen-bond donors (Lipinski definition) is 0. The topological polar surface area (TPSA) is 17.8 Å². The van der Waals surface area contributed by atoms with Crippen LogP contribution < -0.4 is 0 Å². The first-order chi connectivity index (χ1) is 10.2. The van der Waals surface area contributed by atoms with Gasteiger partial charge in [-0.05, 0) is 23.6 Å². The molecule has 0 bridgehead atoms. The summed E-state index contributed by atoms with van der Waals surface area (Å²) in [6.45, 7) is 2.88. The monoisotopic (exact) mass is 302 g/mol. The Labute approximate surface area is 128 Å². The molecule has 0 saturated heterocycles. The SMILES string of the molecule is CC(Cn1c(CCl)nc2c(F)cccc21)c1ccccc1. The minimum Gasteiger partial charge on any atom is -0.326 e. The molecule has 0 N–H and O–H groups in total. The standard InChI is InChI=1S/C17H16ClFN2/c1-12(13-6-3-2-4-7-13)11-21-15-9-5-8-14(19)17(15)20-16(21)10-18/h2-9,12H,10-11H2,1H3. The minimum absolute atomic E-state index is 0.273. The van der Waals surface area contributed by atoms with Gasteiger partial charge in [-0.15, -0.1) is 11.6 Å². The highest BCUT2D eigenvalue weighted by Gasteiger charge is 2.15. The van der Waals surface area contributed by atoms with Crippen LogP contribution in [0.5, 0.6) is 0 Å². The van der Waals surface area contributed by atoms with Crippen LogP contribution in [-0.2, 0) is 12.4 Å². The Bertz CT molecular complexity index is 752. The highest BCUT2D eigenvalue weighted by atomic mass is 35.5. The van der Waals surface area contributed by atoms with Gasteiger partial charge in [0.25, 0.3) is 0 Å². The Hall–Kier alpha value is -1.87. The van der Waals surface area contributed by atoms with Crippen molar-refractivity contribution in [1.29, 1.82) is 0 Å². The molecule has 0 aliphatic heterocycles. The van der Waals surface area contributed by atoms with Crippen molar-refractivity contribution in [2.45, 2.75) is 25.3 Å². The lowest BCUT2D eigenvalue weighted by Gasteiger charge is -2.15. The molecule has 0 radical (unpaired) electrons. The first-order valence-electron chi connectivity index (χ1n) is 6.95. The van der Waals surface area contributed by atoms with Crippen LogP contribution in [0.15, 0.2) is 48.5 Å². The molecule has 1 unspecified atom stereocenters. The van der Waals surface area contributed by atoms with E-state index < -0.39 is 0 Å². The fraction of sp³-hybridized carbons (Fsp3) is 0.235. The molecular weight excluding hydrogens is 287 g/mol. The van der Waals surface area contributed by atoms with Gasteiger partial charge in [0.15, 0.2) is 5.82 Å². The molecule has 4 heteroatoms. The number of benzene rings is 2. The van der Waals surface area contributed by atoms with Gasteiger partial charge in [0, 0.05) is 6.54 Å². The number of para-hydroxylation sites is 1. The third-order valence-corrected chi connectivity index (χ3v) is 3.99. The summed E-state index contributed by atoms with van der Waals surface area (Å²) >= 11 is 5.98. The lowest BCUT2D eigenvalue weighted by Crippen LogP contribution is -2.09. The summed E-state index contributed by atoms with van der Waals surface area (Å²) in [5.41, 5.74) is 2.44. The number of fused-ring (bicyclic) bond motifs is 1. The van der Waals surface area contributed by atoms with Gasteiger partial charge in [0.05, 0.1) is 11.4 Å². The molecule has 0 spiro atoms. The molecule has 108 valence electrons. The van der Waals surface area contributed by atoms with Crippen LogP contribution in [0, 0.1) is 5.82 Å². The summed E-state index contributed by atoms with van der Waals surface area (Å²) in [5.74, 6) is 0.980. The van der Waals surface area contributed by atoms with E-state index in [-0.39, 0.29) is 11.7 Å². The summed E-state index contributed by atoms with van der Waals surface area (Å²) in [4.78, 5) is 4.33. The third-order valence-electron chi connectivity index (χ3n) is 3.75. The van der Waals surface area contributed by atoms with E-state index in [9.17, 15) is 4.39 Å². The smallest absolute Gasteiger partial charge is 0.151 e. The molecule has 2 aromatic carbocycles. The number of aromatic nitrogens is 2. The predicted molar refractivity (Wildman–Crippen MR) is 84.1 cm³/mol. The van der Waals surface area contributed by atoms with Crippen LogP contribution in [-0.4, -0.2) is 9.55 Å². The van der Waals surface area contributed by atoms with Crippen molar-refractivity contribution >= 4 is 22.6 Å². The quantitative estimate of drug-likeness (QED) is 0.638. The van der Waals surface area contributed by atoms with Crippen molar-refractivity contribution in [2.24, 2.45) is 0 Å². The molecule has 0 aliphatic rings. The number of imidazole rings is 1. The van der Waals surface area contributed by atoms with Gasteiger partial charge in [-0.25, -0.2) is 9.37 Å².